The number of rotatable bonds is 10. The summed E-state index contributed by atoms with van der Waals surface area (Å²) in [5.41, 5.74) is 0. The molecule has 0 aromatic rings. The molecule has 3 nitrogen and oxygen atoms in total. The van der Waals surface area contributed by atoms with Crippen LogP contribution in [-0.4, -0.2) is 37.6 Å². The van der Waals surface area contributed by atoms with Crippen LogP contribution in [0, 0.1) is 0 Å². The molecule has 124 valence electrons. The predicted molar refractivity (Wildman–Crippen MR) is 85.7 cm³/mol. The first-order valence-corrected chi connectivity index (χ1v) is 9.23. The molecule has 2 rings (SSSR count). The van der Waals surface area contributed by atoms with Crippen molar-refractivity contribution in [1.29, 1.82) is 0 Å². The second-order valence-electron chi connectivity index (χ2n) is 6.60. The molecule has 2 fully saturated rings. The van der Waals surface area contributed by atoms with Crippen molar-refractivity contribution in [3.8, 4) is 0 Å². The van der Waals surface area contributed by atoms with Gasteiger partial charge in [-0.05, 0) is 38.5 Å². The maximum Gasteiger partial charge on any atom is 0.0841 e. The van der Waals surface area contributed by atoms with Crippen LogP contribution < -0.4 is 0 Å². The third-order valence-electron chi connectivity index (χ3n) is 4.79. The van der Waals surface area contributed by atoms with E-state index in [4.69, 9.17) is 14.2 Å². The first kappa shape index (κ1) is 17.2. The highest BCUT2D eigenvalue weighted by molar-refractivity contribution is 4.81. The van der Waals surface area contributed by atoms with Gasteiger partial charge in [0.25, 0.3) is 0 Å². The lowest BCUT2D eigenvalue weighted by molar-refractivity contribution is -0.128. The predicted octanol–water partition coefficient (Wildman–Crippen LogP) is 4.48. The molecule has 2 aliphatic heterocycles. The summed E-state index contributed by atoms with van der Waals surface area (Å²) in [4.78, 5) is 0. The molecule has 0 bridgehead atoms. The molecule has 0 aromatic heterocycles. The van der Waals surface area contributed by atoms with Gasteiger partial charge in [0, 0.05) is 13.2 Å². The van der Waals surface area contributed by atoms with E-state index in [1.807, 2.05) is 0 Å². The van der Waals surface area contributed by atoms with Crippen molar-refractivity contribution < 1.29 is 14.2 Å². The average Bonchev–Trinajstić information content (AvgIpc) is 3.19. The molecule has 4 unspecified atom stereocenters. The van der Waals surface area contributed by atoms with Crippen molar-refractivity contribution in [2.24, 2.45) is 0 Å². The van der Waals surface area contributed by atoms with E-state index >= 15 is 0 Å². The molecule has 2 heterocycles. The van der Waals surface area contributed by atoms with Gasteiger partial charge in [0.1, 0.15) is 0 Å². The molecule has 0 amide bonds. The van der Waals surface area contributed by atoms with Gasteiger partial charge in [-0.1, -0.05) is 39.5 Å². The van der Waals surface area contributed by atoms with E-state index in [1.54, 1.807) is 0 Å². The fourth-order valence-electron chi connectivity index (χ4n) is 3.51. The minimum absolute atomic E-state index is 0.276. The molecule has 0 aliphatic carbocycles. The highest BCUT2D eigenvalue weighted by Gasteiger charge is 2.33. The van der Waals surface area contributed by atoms with Crippen molar-refractivity contribution >= 4 is 0 Å². The van der Waals surface area contributed by atoms with Gasteiger partial charge in [-0.25, -0.2) is 0 Å². The van der Waals surface area contributed by atoms with Crippen LogP contribution in [0.25, 0.3) is 0 Å². The second-order valence-corrected chi connectivity index (χ2v) is 6.60. The lowest BCUT2D eigenvalue weighted by Crippen LogP contribution is -2.38. The van der Waals surface area contributed by atoms with Gasteiger partial charge in [0.2, 0.25) is 0 Å². The normalized spacial score (nSPS) is 28.9. The zero-order chi connectivity index (χ0) is 14.9. The lowest BCUT2D eigenvalue weighted by Gasteiger charge is -2.31. The summed E-state index contributed by atoms with van der Waals surface area (Å²) in [6, 6.07) is 0. The summed E-state index contributed by atoms with van der Waals surface area (Å²) in [5, 5.41) is 0. The summed E-state index contributed by atoms with van der Waals surface area (Å²) in [7, 11) is 0. The quantitative estimate of drug-likeness (QED) is 0.595. The molecule has 3 heteroatoms. The topological polar surface area (TPSA) is 27.7 Å². The Morgan fingerprint density at radius 3 is 1.67 bits per heavy atom. The van der Waals surface area contributed by atoms with Crippen molar-refractivity contribution in [1.82, 2.24) is 0 Å². The van der Waals surface area contributed by atoms with E-state index < -0.39 is 0 Å². The van der Waals surface area contributed by atoms with Crippen LogP contribution in [0.4, 0.5) is 0 Å². The largest absolute Gasteiger partial charge is 0.376 e. The van der Waals surface area contributed by atoms with E-state index in [1.165, 1.54) is 51.4 Å². The van der Waals surface area contributed by atoms with Crippen molar-refractivity contribution in [3.63, 3.8) is 0 Å². The molecule has 21 heavy (non-hydrogen) atoms. The van der Waals surface area contributed by atoms with E-state index in [2.05, 4.69) is 13.8 Å². The minimum atomic E-state index is 0.276. The Labute approximate surface area is 130 Å². The lowest BCUT2D eigenvalue weighted by atomic mass is 10.0. The molecule has 2 saturated heterocycles. The molecule has 4 atom stereocenters. The van der Waals surface area contributed by atoms with Gasteiger partial charge >= 0.3 is 0 Å². The summed E-state index contributed by atoms with van der Waals surface area (Å²) in [5.74, 6) is 0. The SMILES string of the molecule is CCCCC(OC(CCCC)C1CCCO1)C1CCCO1. The molecule has 0 aromatic carbocycles. The summed E-state index contributed by atoms with van der Waals surface area (Å²) in [6.07, 6.45) is 13.1. The van der Waals surface area contributed by atoms with Crippen molar-refractivity contribution in [3.05, 3.63) is 0 Å². The third-order valence-corrected chi connectivity index (χ3v) is 4.79. The zero-order valence-corrected chi connectivity index (χ0v) is 14.0. The minimum Gasteiger partial charge on any atom is -0.376 e. The first-order valence-electron chi connectivity index (χ1n) is 9.23. The molecule has 0 radical (unpaired) electrons. The smallest absolute Gasteiger partial charge is 0.0841 e. The standard InChI is InChI=1S/C18H34O3/c1-3-5-9-17(15-11-7-13-19-15)21-18(10-6-4-2)16-12-8-14-20-16/h15-18H,3-14H2,1-2H3. The van der Waals surface area contributed by atoms with Crippen LogP contribution >= 0.6 is 0 Å². The summed E-state index contributed by atoms with van der Waals surface area (Å²) in [6.45, 7) is 6.33. The van der Waals surface area contributed by atoms with Crippen molar-refractivity contribution in [2.75, 3.05) is 13.2 Å². The van der Waals surface area contributed by atoms with Crippen LogP contribution in [0.15, 0.2) is 0 Å². The maximum absolute atomic E-state index is 6.57. The zero-order valence-electron chi connectivity index (χ0n) is 14.0. The molecular formula is C18H34O3. The first-order chi connectivity index (χ1) is 10.3. The average molecular weight is 298 g/mol. The number of hydrogen-bond donors (Lipinski definition) is 0. The number of hydrogen-bond acceptors (Lipinski definition) is 3. The Morgan fingerprint density at radius 2 is 1.33 bits per heavy atom. The molecular weight excluding hydrogens is 264 g/mol. The van der Waals surface area contributed by atoms with Crippen LogP contribution in [-0.2, 0) is 14.2 Å². The Balaban J connectivity index is 1.91. The Hall–Kier alpha value is -0.120. The number of unbranched alkanes of at least 4 members (excludes halogenated alkanes) is 2. The highest BCUT2D eigenvalue weighted by atomic mass is 16.6. The number of ether oxygens (including phenoxy) is 3. The van der Waals surface area contributed by atoms with Crippen molar-refractivity contribution in [2.45, 2.75) is 102 Å². The Morgan fingerprint density at radius 1 is 0.857 bits per heavy atom. The molecule has 0 N–H and O–H groups in total. The van der Waals surface area contributed by atoms with E-state index in [-0.39, 0.29) is 12.2 Å². The third kappa shape index (κ3) is 5.54. The summed E-state index contributed by atoms with van der Waals surface area (Å²) >= 11 is 0. The van der Waals surface area contributed by atoms with Gasteiger partial charge in [-0.15, -0.1) is 0 Å². The van der Waals surface area contributed by atoms with Crippen LogP contribution in [0.3, 0.4) is 0 Å². The Kier molecular flexibility index (Phi) is 8.05. The fourth-order valence-corrected chi connectivity index (χ4v) is 3.51. The Bertz CT molecular complexity index is 231. The van der Waals surface area contributed by atoms with Gasteiger partial charge in [0.05, 0.1) is 24.4 Å². The van der Waals surface area contributed by atoms with Crippen LogP contribution in [0.1, 0.15) is 78.1 Å². The van der Waals surface area contributed by atoms with Gasteiger partial charge in [-0.3, -0.25) is 0 Å². The maximum atomic E-state index is 6.57. The van der Waals surface area contributed by atoms with E-state index in [9.17, 15) is 0 Å². The second kappa shape index (κ2) is 9.81. The molecule has 0 saturated carbocycles. The van der Waals surface area contributed by atoms with E-state index in [0.717, 1.165) is 26.1 Å². The summed E-state index contributed by atoms with van der Waals surface area (Å²) < 4.78 is 18.4. The van der Waals surface area contributed by atoms with Gasteiger partial charge in [0.15, 0.2) is 0 Å². The molecule has 0 spiro atoms. The van der Waals surface area contributed by atoms with Crippen LogP contribution in [0.2, 0.25) is 0 Å². The van der Waals surface area contributed by atoms with Crippen LogP contribution in [0.5, 0.6) is 0 Å². The molecule has 2 aliphatic rings. The highest BCUT2D eigenvalue weighted by Crippen LogP contribution is 2.28. The fraction of sp³-hybridized carbons (Fsp3) is 1.00. The van der Waals surface area contributed by atoms with Gasteiger partial charge in [-0.2, -0.15) is 0 Å². The van der Waals surface area contributed by atoms with Gasteiger partial charge < -0.3 is 14.2 Å². The monoisotopic (exact) mass is 298 g/mol. The van der Waals surface area contributed by atoms with E-state index in [0.29, 0.717) is 12.2 Å².